The Bertz CT molecular complexity index is 654. The molecule has 4 heteroatoms. The zero-order valence-electron chi connectivity index (χ0n) is 14.3. The molecule has 126 valence electrons. The van der Waals surface area contributed by atoms with Gasteiger partial charge in [-0.25, -0.2) is 0 Å². The van der Waals surface area contributed by atoms with Crippen molar-refractivity contribution < 1.29 is 4.79 Å². The Labute approximate surface area is 144 Å². The Morgan fingerprint density at radius 3 is 2.25 bits per heavy atom. The summed E-state index contributed by atoms with van der Waals surface area (Å²) in [6.45, 7) is 6.31. The van der Waals surface area contributed by atoms with Gasteiger partial charge in [0.15, 0.2) is 0 Å². The Morgan fingerprint density at radius 1 is 0.875 bits per heavy atom. The lowest BCUT2D eigenvalue weighted by Gasteiger charge is -2.22. The maximum atomic E-state index is 12.4. The monoisotopic (exact) mass is 323 g/mol. The summed E-state index contributed by atoms with van der Waals surface area (Å²) < 4.78 is 0. The van der Waals surface area contributed by atoms with Gasteiger partial charge in [-0.3, -0.25) is 14.7 Å². The SMILES string of the molecule is CCc1ccc(CN2CCC(=O)N(Cc3ccncc3)CC2)cc1. The summed E-state index contributed by atoms with van der Waals surface area (Å²) in [6, 6.07) is 12.8. The first-order valence-corrected chi connectivity index (χ1v) is 8.71. The molecular weight excluding hydrogens is 298 g/mol. The smallest absolute Gasteiger partial charge is 0.224 e. The molecule has 1 aliphatic heterocycles. The lowest BCUT2D eigenvalue weighted by molar-refractivity contribution is -0.130. The number of hydrogen-bond acceptors (Lipinski definition) is 3. The highest BCUT2D eigenvalue weighted by Crippen LogP contribution is 2.13. The second-order valence-corrected chi connectivity index (χ2v) is 6.37. The highest BCUT2D eigenvalue weighted by molar-refractivity contribution is 5.76. The van der Waals surface area contributed by atoms with Crippen LogP contribution in [0, 0.1) is 0 Å². The minimum atomic E-state index is 0.246. The minimum absolute atomic E-state index is 0.246. The van der Waals surface area contributed by atoms with Crippen LogP contribution in [0.4, 0.5) is 0 Å². The summed E-state index contributed by atoms with van der Waals surface area (Å²) in [5.74, 6) is 0.246. The van der Waals surface area contributed by atoms with Gasteiger partial charge in [0.05, 0.1) is 0 Å². The van der Waals surface area contributed by atoms with Gasteiger partial charge in [0.25, 0.3) is 0 Å². The van der Waals surface area contributed by atoms with Crippen LogP contribution in [-0.2, 0) is 24.3 Å². The summed E-state index contributed by atoms with van der Waals surface area (Å²) in [5, 5.41) is 0. The molecule has 24 heavy (non-hydrogen) atoms. The number of carbonyl (C=O) groups is 1. The number of rotatable bonds is 5. The maximum absolute atomic E-state index is 12.4. The Balaban J connectivity index is 1.58. The van der Waals surface area contributed by atoms with E-state index in [0.717, 1.165) is 38.2 Å². The van der Waals surface area contributed by atoms with Crippen molar-refractivity contribution in [1.29, 1.82) is 0 Å². The van der Waals surface area contributed by atoms with E-state index >= 15 is 0 Å². The van der Waals surface area contributed by atoms with E-state index in [-0.39, 0.29) is 5.91 Å². The standard InChI is InChI=1S/C20H25N3O/c1-2-17-3-5-18(6-4-17)15-22-12-9-20(24)23(14-13-22)16-19-7-10-21-11-8-19/h3-8,10-11H,2,9,12-16H2,1H3. The fraction of sp³-hybridized carbons (Fsp3) is 0.400. The van der Waals surface area contributed by atoms with Crippen molar-refractivity contribution in [1.82, 2.24) is 14.8 Å². The highest BCUT2D eigenvalue weighted by Gasteiger charge is 2.21. The van der Waals surface area contributed by atoms with Gasteiger partial charge >= 0.3 is 0 Å². The molecular formula is C20H25N3O. The van der Waals surface area contributed by atoms with Gasteiger partial charge in [-0.2, -0.15) is 0 Å². The van der Waals surface area contributed by atoms with Crippen LogP contribution >= 0.6 is 0 Å². The zero-order valence-corrected chi connectivity index (χ0v) is 14.3. The maximum Gasteiger partial charge on any atom is 0.224 e. The first kappa shape index (κ1) is 16.7. The molecule has 0 radical (unpaired) electrons. The average Bonchev–Trinajstić information content (AvgIpc) is 2.79. The molecule has 2 aromatic rings. The van der Waals surface area contributed by atoms with Crippen LogP contribution in [-0.4, -0.2) is 40.3 Å². The Morgan fingerprint density at radius 2 is 1.54 bits per heavy atom. The molecule has 3 rings (SSSR count). The molecule has 2 heterocycles. The van der Waals surface area contributed by atoms with Crippen LogP contribution in [0.1, 0.15) is 30.0 Å². The topological polar surface area (TPSA) is 36.4 Å². The number of pyridine rings is 1. The van der Waals surface area contributed by atoms with Crippen LogP contribution in [0.3, 0.4) is 0 Å². The van der Waals surface area contributed by atoms with Crippen LogP contribution in [0.5, 0.6) is 0 Å². The second-order valence-electron chi connectivity index (χ2n) is 6.37. The molecule has 0 unspecified atom stereocenters. The predicted molar refractivity (Wildman–Crippen MR) is 95.4 cm³/mol. The summed E-state index contributed by atoms with van der Waals surface area (Å²) in [5.41, 5.74) is 3.83. The van der Waals surface area contributed by atoms with Crippen molar-refractivity contribution in [3.63, 3.8) is 0 Å². The third-order valence-corrected chi connectivity index (χ3v) is 4.64. The third-order valence-electron chi connectivity index (χ3n) is 4.64. The molecule has 1 amide bonds. The largest absolute Gasteiger partial charge is 0.337 e. The third kappa shape index (κ3) is 4.42. The lowest BCUT2D eigenvalue weighted by Crippen LogP contribution is -2.32. The highest BCUT2D eigenvalue weighted by atomic mass is 16.2. The average molecular weight is 323 g/mol. The summed E-state index contributed by atoms with van der Waals surface area (Å²) in [6.07, 6.45) is 5.23. The van der Waals surface area contributed by atoms with E-state index in [4.69, 9.17) is 0 Å². The van der Waals surface area contributed by atoms with E-state index in [0.29, 0.717) is 13.0 Å². The number of carbonyl (C=O) groups excluding carboxylic acids is 1. The number of aryl methyl sites for hydroxylation is 1. The molecule has 4 nitrogen and oxygen atoms in total. The van der Waals surface area contributed by atoms with Gasteiger partial charge in [-0.05, 0) is 35.2 Å². The van der Waals surface area contributed by atoms with E-state index in [9.17, 15) is 4.79 Å². The molecule has 1 aliphatic rings. The van der Waals surface area contributed by atoms with E-state index in [2.05, 4.69) is 41.1 Å². The number of nitrogens with zero attached hydrogens (tertiary/aromatic N) is 3. The molecule has 0 spiro atoms. The van der Waals surface area contributed by atoms with Crippen molar-refractivity contribution >= 4 is 5.91 Å². The van der Waals surface area contributed by atoms with Gasteiger partial charge in [0, 0.05) is 51.5 Å². The molecule has 1 saturated heterocycles. The van der Waals surface area contributed by atoms with E-state index < -0.39 is 0 Å². The molecule has 0 bridgehead atoms. The Hall–Kier alpha value is -2.20. The lowest BCUT2D eigenvalue weighted by atomic mass is 10.1. The van der Waals surface area contributed by atoms with E-state index in [1.54, 1.807) is 12.4 Å². The van der Waals surface area contributed by atoms with Crippen molar-refractivity contribution in [3.8, 4) is 0 Å². The van der Waals surface area contributed by atoms with E-state index in [1.165, 1.54) is 11.1 Å². The number of amides is 1. The van der Waals surface area contributed by atoms with Gasteiger partial charge in [-0.1, -0.05) is 31.2 Å². The molecule has 0 atom stereocenters. The number of hydrogen-bond donors (Lipinski definition) is 0. The van der Waals surface area contributed by atoms with Gasteiger partial charge in [-0.15, -0.1) is 0 Å². The predicted octanol–water partition coefficient (Wildman–Crippen LogP) is 2.88. The molecule has 1 fully saturated rings. The zero-order chi connectivity index (χ0) is 16.8. The van der Waals surface area contributed by atoms with Crippen LogP contribution < -0.4 is 0 Å². The quantitative estimate of drug-likeness (QED) is 0.849. The summed E-state index contributed by atoms with van der Waals surface area (Å²) in [7, 11) is 0. The minimum Gasteiger partial charge on any atom is -0.337 e. The summed E-state index contributed by atoms with van der Waals surface area (Å²) >= 11 is 0. The van der Waals surface area contributed by atoms with Crippen LogP contribution in [0.15, 0.2) is 48.8 Å². The van der Waals surface area contributed by atoms with Crippen molar-refractivity contribution in [2.24, 2.45) is 0 Å². The summed E-state index contributed by atoms with van der Waals surface area (Å²) in [4.78, 5) is 20.8. The normalized spacial score (nSPS) is 16.2. The van der Waals surface area contributed by atoms with Crippen molar-refractivity contribution in [3.05, 3.63) is 65.5 Å². The molecule has 1 aromatic heterocycles. The van der Waals surface area contributed by atoms with Gasteiger partial charge in [0.2, 0.25) is 5.91 Å². The Kier molecular flexibility index (Phi) is 5.59. The van der Waals surface area contributed by atoms with Gasteiger partial charge in [0.1, 0.15) is 0 Å². The fourth-order valence-electron chi connectivity index (χ4n) is 3.08. The fourth-order valence-corrected chi connectivity index (χ4v) is 3.08. The van der Waals surface area contributed by atoms with Crippen molar-refractivity contribution in [2.45, 2.75) is 32.9 Å². The van der Waals surface area contributed by atoms with Crippen LogP contribution in [0.2, 0.25) is 0 Å². The number of aromatic nitrogens is 1. The molecule has 0 saturated carbocycles. The molecule has 0 N–H and O–H groups in total. The first-order chi connectivity index (χ1) is 11.7. The molecule has 1 aromatic carbocycles. The second kappa shape index (κ2) is 8.06. The van der Waals surface area contributed by atoms with Gasteiger partial charge < -0.3 is 4.90 Å². The van der Waals surface area contributed by atoms with E-state index in [1.807, 2.05) is 17.0 Å². The van der Waals surface area contributed by atoms with Crippen molar-refractivity contribution in [2.75, 3.05) is 19.6 Å². The molecule has 0 aliphatic carbocycles. The first-order valence-electron chi connectivity index (χ1n) is 8.71. The number of benzene rings is 1. The van der Waals surface area contributed by atoms with Crippen LogP contribution in [0.25, 0.3) is 0 Å².